The number of aryl methyl sites for hydroxylation is 2. The molecule has 1 rings (SSSR count). The molecule has 4 heteroatoms. The molecule has 0 amide bonds. The van der Waals surface area contributed by atoms with E-state index in [9.17, 15) is 0 Å². The van der Waals surface area contributed by atoms with Crippen LogP contribution in [0.5, 0.6) is 0 Å². The first kappa shape index (κ1) is 14.3. The Morgan fingerprint density at radius 3 is 2.35 bits per heavy atom. The van der Waals surface area contributed by atoms with Crippen LogP contribution in [0.25, 0.3) is 0 Å². The van der Waals surface area contributed by atoms with Gasteiger partial charge in [0.25, 0.3) is 0 Å². The molecular formula is C13H23N3S. The van der Waals surface area contributed by atoms with Crippen molar-refractivity contribution in [1.29, 1.82) is 0 Å². The lowest BCUT2D eigenvalue weighted by molar-refractivity contribution is 0.573. The fraction of sp³-hybridized carbons (Fsp3) is 0.692. The Hall–Kier alpha value is -0.770. The SMILES string of the molecule is CCC(CC)(CNc1cc(C)nc(C)n1)SC. The zero-order valence-corrected chi connectivity index (χ0v) is 12.3. The molecule has 0 atom stereocenters. The van der Waals surface area contributed by atoms with E-state index >= 15 is 0 Å². The van der Waals surface area contributed by atoms with Crippen LogP contribution in [0, 0.1) is 13.8 Å². The average molecular weight is 253 g/mol. The normalized spacial score (nSPS) is 11.6. The summed E-state index contributed by atoms with van der Waals surface area (Å²) in [7, 11) is 0. The third-order valence-electron chi connectivity index (χ3n) is 3.28. The summed E-state index contributed by atoms with van der Waals surface area (Å²) in [4.78, 5) is 8.69. The Labute approximate surface area is 109 Å². The van der Waals surface area contributed by atoms with Gasteiger partial charge in [-0.3, -0.25) is 0 Å². The standard InChI is InChI=1S/C13H23N3S/c1-6-13(7-2,17-5)9-14-12-8-10(3)15-11(4)16-12/h8H,6-7,9H2,1-5H3,(H,14,15,16). The van der Waals surface area contributed by atoms with Crippen molar-refractivity contribution in [3.8, 4) is 0 Å². The Morgan fingerprint density at radius 2 is 1.88 bits per heavy atom. The first-order valence-electron chi connectivity index (χ1n) is 6.16. The van der Waals surface area contributed by atoms with Crippen molar-refractivity contribution in [1.82, 2.24) is 9.97 Å². The molecule has 0 aliphatic rings. The van der Waals surface area contributed by atoms with Crippen LogP contribution in [0.3, 0.4) is 0 Å². The summed E-state index contributed by atoms with van der Waals surface area (Å²) in [5.74, 6) is 1.77. The van der Waals surface area contributed by atoms with Crippen LogP contribution >= 0.6 is 11.8 Å². The van der Waals surface area contributed by atoms with Gasteiger partial charge in [-0.15, -0.1) is 0 Å². The molecule has 0 aliphatic carbocycles. The topological polar surface area (TPSA) is 37.8 Å². The maximum absolute atomic E-state index is 4.41. The molecule has 0 aromatic carbocycles. The van der Waals surface area contributed by atoms with E-state index in [1.807, 2.05) is 31.7 Å². The van der Waals surface area contributed by atoms with Gasteiger partial charge in [-0.2, -0.15) is 11.8 Å². The minimum absolute atomic E-state index is 0.312. The molecule has 0 unspecified atom stereocenters. The number of rotatable bonds is 6. The van der Waals surface area contributed by atoms with Crippen LogP contribution in [0.2, 0.25) is 0 Å². The molecule has 3 nitrogen and oxygen atoms in total. The molecule has 1 aromatic heterocycles. The van der Waals surface area contributed by atoms with E-state index < -0.39 is 0 Å². The van der Waals surface area contributed by atoms with Crippen molar-refractivity contribution in [2.75, 3.05) is 18.1 Å². The fourth-order valence-corrected chi connectivity index (χ4v) is 2.71. The highest BCUT2D eigenvalue weighted by Gasteiger charge is 2.24. The molecule has 0 fully saturated rings. The van der Waals surface area contributed by atoms with Crippen LogP contribution < -0.4 is 5.32 Å². The molecule has 0 spiro atoms. The number of nitrogens with one attached hydrogen (secondary N) is 1. The predicted octanol–water partition coefficient (Wildman–Crippen LogP) is 3.43. The average Bonchev–Trinajstić information content (AvgIpc) is 2.30. The monoisotopic (exact) mass is 253 g/mol. The number of thioether (sulfide) groups is 1. The van der Waals surface area contributed by atoms with Crippen LogP contribution in [-0.4, -0.2) is 27.5 Å². The van der Waals surface area contributed by atoms with Crippen molar-refractivity contribution in [3.05, 3.63) is 17.6 Å². The van der Waals surface area contributed by atoms with Crippen molar-refractivity contribution in [2.45, 2.75) is 45.3 Å². The molecule has 0 bridgehead atoms. The molecule has 0 aliphatic heterocycles. The molecular weight excluding hydrogens is 230 g/mol. The summed E-state index contributed by atoms with van der Waals surface area (Å²) in [6.45, 7) is 9.38. The van der Waals surface area contributed by atoms with Crippen LogP contribution in [0.4, 0.5) is 5.82 Å². The third kappa shape index (κ3) is 3.87. The zero-order chi connectivity index (χ0) is 12.9. The first-order valence-corrected chi connectivity index (χ1v) is 7.39. The van der Waals surface area contributed by atoms with Gasteiger partial charge >= 0.3 is 0 Å². The van der Waals surface area contributed by atoms with Gasteiger partial charge in [0, 0.05) is 23.1 Å². The van der Waals surface area contributed by atoms with Crippen molar-refractivity contribution in [2.24, 2.45) is 0 Å². The zero-order valence-electron chi connectivity index (χ0n) is 11.5. The fourth-order valence-electron chi connectivity index (χ4n) is 1.92. The summed E-state index contributed by atoms with van der Waals surface area (Å²) in [6.07, 6.45) is 4.52. The molecule has 0 saturated carbocycles. The number of anilines is 1. The van der Waals surface area contributed by atoms with Gasteiger partial charge in [-0.05, 0) is 32.9 Å². The predicted molar refractivity (Wildman–Crippen MR) is 76.8 cm³/mol. The molecule has 1 N–H and O–H groups in total. The number of hydrogen-bond donors (Lipinski definition) is 1. The lowest BCUT2D eigenvalue weighted by Crippen LogP contribution is -2.32. The van der Waals surface area contributed by atoms with E-state index in [2.05, 4.69) is 35.4 Å². The van der Waals surface area contributed by atoms with Gasteiger partial charge in [0.05, 0.1) is 0 Å². The van der Waals surface area contributed by atoms with Gasteiger partial charge in [0.15, 0.2) is 0 Å². The lowest BCUT2D eigenvalue weighted by Gasteiger charge is -2.30. The van der Waals surface area contributed by atoms with Crippen LogP contribution in [-0.2, 0) is 0 Å². The minimum Gasteiger partial charge on any atom is -0.369 e. The molecule has 96 valence electrons. The van der Waals surface area contributed by atoms with E-state index in [1.54, 1.807) is 0 Å². The van der Waals surface area contributed by atoms with E-state index in [-0.39, 0.29) is 0 Å². The summed E-state index contributed by atoms with van der Waals surface area (Å²) >= 11 is 1.94. The quantitative estimate of drug-likeness (QED) is 0.843. The summed E-state index contributed by atoms with van der Waals surface area (Å²) < 4.78 is 0.312. The highest BCUT2D eigenvalue weighted by molar-refractivity contribution is 8.00. The van der Waals surface area contributed by atoms with E-state index in [0.29, 0.717) is 4.75 Å². The van der Waals surface area contributed by atoms with Gasteiger partial charge < -0.3 is 5.32 Å². The summed E-state index contributed by atoms with van der Waals surface area (Å²) in [5, 5.41) is 3.45. The summed E-state index contributed by atoms with van der Waals surface area (Å²) in [6, 6.07) is 2.00. The highest BCUT2D eigenvalue weighted by atomic mass is 32.2. The highest BCUT2D eigenvalue weighted by Crippen LogP contribution is 2.30. The molecule has 0 saturated heterocycles. The smallest absolute Gasteiger partial charge is 0.129 e. The largest absolute Gasteiger partial charge is 0.369 e. The van der Waals surface area contributed by atoms with Crippen molar-refractivity contribution >= 4 is 17.6 Å². The van der Waals surface area contributed by atoms with E-state index in [4.69, 9.17) is 0 Å². The van der Waals surface area contributed by atoms with E-state index in [0.717, 1.165) is 23.9 Å². The molecule has 17 heavy (non-hydrogen) atoms. The molecule has 1 heterocycles. The van der Waals surface area contributed by atoms with Gasteiger partial charge in [0.2, 0.25) is 0 Å². The molecule has 1 aromatic rings. The Morgan fingerprint density at radius 1 is 1.24 bits per heavy atom. The lowest BCUT2D eigenvalue weighted by atomic mass is 10.0. The van der Waals surface area contributed by atoms with Gasteiger partial charge in [0.1, 0.15) is 11.6 Å². The minimum atomic E-state index is 0.312. The second kappa shape index (κ2) is 6.24. The number of nitrogens with zero attached hydrogens (tertiary/aromatic N) is 2. The number of aromatic nitrogens is 2. The maximum Gasteiger partial charge on any atom is 0.129 e. The van der Waals surface area contributed by atoms with Crippen molar-refractivity contribution < 1.29 is 0 Å². The Balaban J connectivity index is 2.71. The summed E-state index contributed by atoms with van der Waals surface area (Å²) in [5.41, 5.74) is 1.02. The molecule has 0 radical (unpaired) electrons. The third-order valence-corrected chi connectivity index (χ3v) is 4.87. The Kier molecular flexibility index (Phi) is 5.25. The van der Waals surface area contributed by atoms with Crippen molar-refractivity contribution in [3.63, 3.8) is 0 Å². The van der Waals surface area contributed by atoms with Crippen LogP contribution in [0.15, 0.2) is 6.07 Å². The van der Waals surface area contributed by atoms with E-state index in [1.165, 1.54) is 12.8 Å². The second-order valence-electron chi connectivity index (χ2n) is 4.39. The first-order chi connectivity index (χ1) is 8.05. The Bertz CT molecular complexity index is 333. The van der Waals surface area contributed by atoms with Gasteiger partial charge in [-0.1, -0.05) is 13.8 Å². The van der Waals surface area contributed by atoms with Crippen LogP contribution in [0.1, 0.15) is 38.2 Å². The maximum atomic E-state index is 4.41. The second-order valence-corrected chi connectivity index (χ2v) is 5.66. The van der Waals surface area contributed by atoms with Gasteiger partial charge in [-0.25, -0.2) is 9.97 Å². The number of hydrogen-bond acceptors (Lipinski definition) is 4.